The highest BCUT2D eigenvalue weighted by Crippen LogP contribution is 2.12. The molecule has 88 valence electrons. The van der Waals surface area contributed by atoms with Crippen molar-refractivity contribution in [1.29, 1.82) is 0 Å². The van der Waals surface area contributed by atoms with Gasteiger partial charge in [0.1, 0.15) is 5.82 Å². The van der Waals surface area contributed by atoms with Crippen LogP contribution in [0.25, 0.3) is 0 Å². The number of nitrogens with one attached hydrogen (secondary N) is 3. The maximum Gasteiger partial charge on any atom is 0.242 e. The van der Waals surface area contributed by atoms with Crippen LogP contribution in [0, 0.1) is 6.92 Å². The lowest BCUT2D eigenvalue weighted by molar-refractivity contribution is -0.118. The number of amides is 1. The zero-order valence-electron chi connectivity index (χ0n) is 9.55. The topological polar surface area (TPSA) is 69.8 Å². The molecule has 2 rings (SSSR count). The molecule has 3 N–H and O–H groups in total. The summed E-state index contributed by atoms with van der Waals surface area (Å²) in [6.45, 7) is 2.85. The molecule has 2 heterocycles. The van der Waals surface area contributed by atoms with Gasteiger partial charge in [-0.25, -0.2) is 0 Å². The second kappa shape index (κ2) is 5.12. The van der Waals surface area contributed by atoms with Crippen LogP contribution in [0.3, 0.4) is 0 Å². The molecule has 1 aliphatic heterocycles. The lowest BCUT2D eigenvalue weighted by Crippen LogP contribution is -2.40. The van der Waals surface area contributed by atoms with Gasteiger partial charge < -0.3 is 10.6 Å². The number of anilines is 1. The normalized spacial score (nSPS) is 21.4. The van der Waals surface area contributed by atoms with E-state index >= 15 is 0 Å². The molecule has 1 aromatic heterocycles. The fourth-order valence-corrected chi connectivity index (χ4v) is 1.94. The van der Waals surface area contributed by atoms with E-state index in [0.717, 1.165) is 31.4 Å². The standard InChI is InChI=1S/C11H18N4O/c1-8-7-13-15-10(8)14-11(16)9-5-3-2-4-6-12-9/h7,9,12H,2-6H2,1H3,(H2,13,14,15,16). The van der Waals surface area contributed by atoms with Crippen molar-refractivity contribution in [1.82, 2.24) is 15.5 Å². The van der Waals surface area contributed by atoms with Gasteiger partial charge in [-0.2, -0.15) is 5.10 Å². The van der Waals surface area contributed by atoms with Gasteiger partial charge in [-0.05, 0) is 26.3 Å². The number of nitrogens with zero attached hydrogens (tertiary/aromatic N) is 1. The fourth-order valence-electron chi connectivity index (χ4n) is 1.94. The van der Waals surface area contributed by atoms with Crippen LogP contribution in [-0.4, -0.2) is 28.7 Å². The smallest absolute Gasteiger partial charge is 0.242 e. The van der Waals surface area contributed by atoms with Gasteiger partial charge in [0, 0.05) is 5.56 Å². The number of hydrogen-bond acceptors (Lipinski definition) is 3. The Morgan fingerprint density at radius 2 is 2.38 bits per heavy atom. The second-order valence-corrected chi connectivity index (χ2v) is 4.27. The number of aryl methyl sites for hydroxylation is 1. The zero-order chi connectivity index (χ0) is 11.4. The minimum Gasteiger partial charge on any atom is -0.309 e. The molecule has 0 spiro atoms. The van der Waals surface area contributed by atoms with Crippen molar-refractivity contribution in [3.8, 4) is 0 Å². The molecule has 1 fully saturated rings. The summed E-state index contributed by atoms with van der Waals surface area (Å²) >= 11 is 0. The quantitative estimate of drug-likeness (QED) is 0.704. The Balaban J connectivity index is 1.94. The highest BCUT2D eigenvalue weighted by atomic mass is 16.2. The molecule has 5 nitrogen and oxygen atoms in total. The Morgan fingerprint density at radius 1 is 1.50 bits per heavy atom. The van der Waals surface area contributed by atoms with Crippen molar-refractivity contribution in [2.24, 2.45) is 0 Å². The molecule has 1 amide bonds. The first-order valence-corrected chi connectivity index (χ1v) is 5.81. The van der Waals surface area contributed by atoms with Crippen molar-refractivity contribution in [3.05, 3.63) is 11.8 Å². The van der Waals surface area contributed by atoms with E-state index < -0.39 is 0 Å². The minimum atomic E-state index is -0.0646. The summed E-state index contributed by atoms with van der Waals surface area (Å²) < 4.78 is 0. The number of aromatic nitrogens is 2. The minimum absolute atomic E-state index is 0.0363. The van der Waals surface area contributed by atoms with Gasteiger partial charge in [0.25, 0.3) is 0 Å². The summed E-state index contributed by atoms with van der Waals surface area (Å²) in [5.74, 6) is 0.741. The molecule has 1 saturated heterocycles. The molecule has 16 heavy (non-hydrogen) atoms. The van der Waals surface area contributed by atoms with Gasteiger partial charge in [0.15, 0.2) is 0 Å². The van der Waals surface area contributed by atoms with Gasteiger partial charge >= 0.3 is 0 Å². The molecule has 1 aliphatic rings. The third kappa shape index (κ3) is 2.61. The molecule has 0 aromatic carbocycles. The van der Waals surface area contributed by atoms with E-state index in [0.29, 0.717) is 5.82 Å². The van der Waals surface area contributed by atoms with Crippen LogP contribution in [0.1, 0.15) is 31.2 Å². The number of carbonyl (C=O) groups excluding carboxylic acids is 1. The SMILES string of the molecule is Cc1cn[nH]c1NC(=O)C1CCCCCN1. The molecular formula is C11H18N4O. The van der Waals surface area contributed by atoms with Crippen molar-refractivity contribution in [2.45, 2.75) is 38.6 Å². The van der Waals surface area contributed by atoms with Gasteiger partial charge in [-0.3, -0.25) is 9.89 Å². The maximum atomic E-state index is 11.9. The molecular weight excluding hydrogens is 204 g/mol. The fraction of sp³-hybridized carbons (Fsp3) is 0.636. The Morgan fingerprint density at radius 3 is 3.12 bits per heavy atom. The number of hydrogen-bond donors (Lipinski definition) is 3. The van der Waals surface area contributed by atoms with Crippen molar-refractivity contribution >= 4 is 11.7 Å². The molecule has 0 saturated carbocycles. The van der Waals surface area contributed by atoms with Gasteiger partial charge in [0.05, 0.1) is 12.2 Å². The van der Waals surface area contributed by atoms with Crippen LogP contribution in [0.4, 0.5) is 5.82 Å². The Kier molecular flexibility index (Phi) is 3.56. The van der Waals surface area contributed by atoms with E-state index in [9.17, 15) is 4.79 Å². The van der Waals surface area contributed by atoms with Crippen LogP contribution in [0.5, 0.6) is 0 Å². The van der Waals surface area contributed by atoms with Crippen molar-refractivity contribution in [2.75, 3.05) is 11.9 Å². The first-order chi connectivity index (χ1) is 7.77. The van der Waals surface area contributed by atoms with E-state index in [2.05, 4.69) is 20.8 Å². The summed E-state index contributed by atoms with van der Waals surface area (Å²) in [6.07, 6.45) is 6.11. The number of rotatable bonds is 2. The number of aromatic amines is 1. The summed E-state index contributed by atoms with van der Waals surface area (Å²) in [5, 5.41) is 12.8. The third-order valence-corrected chi connectivity index (χ3v) is 2.95. The molecule has 1 aromatic rings. The lowest BCUT2D eigenvalue weighted by Gasteiger charge is -2.14. The molecule has 1 atom stereocenters. The lowest BCUT2D eigenvalue weighted by atomic mass is 10.1. The monoisotopic (exact) mass is 222 g/mol. The largest absolute Gasteiger partial charge is 0.309 e. The Hall–Kier alpha value is -1.36. The van der Waals surface area contributed by atoms with Crippen molar-refractivity contribution < 1.29 is 4.79 Å². The Labute approximate surface area is 95.0 Å². The average Bonchev–Trinajstić information content (AvgIpc) is 2.57. The summed E-state index contributed by atoms with van der Waals surface area (Å²) in [6, 6.07) is -0.0646. The van der Waals surface area contributed by atoms with Crippen LogP contribution in [0.2, 0.25) is 0 Å². The second-order valence-electron chi connectivity index (χ2n) is 4.27. The predicted octanol–water partition coefficient (Wildman–Crippen LogP) is 1.19. The number of carbonyl (C=O) groups is 1. The van der Waals surface area contributed by atoms with E-state index in [1.807, 2.05) is 6.92 Å². The highest BCUT2D eigenvalue weighted by molar-refractivity contribution is 5.94. The molecule has 0 radical (unpaired) electrons. The first kappa shape index (κ1) is 11.1. The van der Waals surface area contributed by atoms with Gasteiger partial charge in [0.2, 0.25) is 5.91 Å². The highest BCUT2D eigenvalue weighted by Gasteiger charge is 2.20. The molecule has 0 aliphatic carbocycles. The molecule has 1 unspecified atom stereocenters. The van der Waals surface area contributed by atoms with E-state index in [-0.39, 0.29) is 11.9 Å². The van der Waals surface area contributed by atoms with Crippen molar-refractivity contribution in [3.63, 3.8) is 0 Å². The summed E-state index contributed by atoms with van der Waals surface area (Å²) in [4.78, 5) is 11.9. The maximum absolute atomic E-state index is 11.9. The molecule has 0 bridgehead atoms. The summed E-state index contributed by atoms with van der Waals surface area (Å²) in [7, 11) is 0. The van der Waals surface area contributed by atoms with E-state index in [1.54, 1.807) is 6.20 Å². The van der Waals surface area contributed by atoms with Crippen LogP contribution in [0.15, 0.2) is 6.20 Å². The van der Waals surface area contributed by atoms with Gasteiger partial charge in [-0.1, -0.05) is 12.8 Å². The van der Waals surface area contributed by atoms with E-state index in [4.69, 9.17) is 0 Å². The van der Waals surface area contributed by atoms with Crippen LogP contribution < -0.4 is 10.6 Å². The molecule has 5 heteroatoms. The summed E-state index contributed by atoms with van der Waals surface area (Å²) in [5.41, 5.74) is 0.960. The zero-order valence-corrected chi connectivity index (χ0v) is 9.55. The van der Waals surface area contributed by atoms with Crippen LogP contribution >= 0.6 is 0 Å². The van der Waals surface area contributed by atoms with Crippen LogP contribution in [-0.2, 0) is 4.79 Å². The number of H-pyrrole nitrogens is 1. The average molecular weight is 222 g/mol. The Bertz CT molecular complexity index is 353. The van der Waals surface area contributed by atoms with Gasteiger partial charge in [-0.15, -0.1) is 0 Å². The van der Waals surface area contributed by atoms with E-state index in [1.165, 1.54) is 6.42 Å². The third-order valence-electron chi connectivity index (χ3n) is 2.95. The predicted molar refractivity (Wildman–Crippen MR) is 62.2 cm³/mol. The first-order valence-electron chi connectivity index (χ1n) is 5.81.